The summed E-state index contributed by atoms with van der Waals surface area (Å²) in [6.07, 6.45) is -4.05. The van der Waals surface area contributed by atoms with Crippen LogP contribution in [0.4, 0.5) is 23.2 Å². The molecule has 0 aromatic heterocycles. The molecule has 0 atom stereocenters. The van der Waals surface area contributed by atoms with Gasteiger partial charge < -0.3 is 5.32 Å². The SMILES string of the molecule is CCCNCCS(=O)(=O)Nc1ccc(F)c(C(F)(F)F)c1. The van der Waals surface area contributed by atoms with Crippen LogP contribution in [0.25, 0.3) is 0 Å². The van der Waals surface area contributed by atoms with Crippen LogP contribution in [0, 0.1) is 5.82 Å². The number of sulfonamides is 1. The van der Waals surface area contributed by atoms with Gasteiger partial charge in [-0.25, -0.2) is 12.8 Å². The molecule has 0 aliphatic rings. The second-order valence-electron chi connectivity index (χ2n) is 4.36. The fraction of sp³-hybridized carbons (Fsp3) is 0.500. The standard InChI is InChI=1S/C12H16F4N2O2S/c1-2-5-17-6-7-21(19,20)18-9-3-4-11(13)10(8-9)12(14,15)16/h3-4,8,17-18H,2,5-7H2,1H3. The zero-order valence-corrected chi connectivity index (χ0v) is 12.1. The molecule has 0 aliphatic carbocycles. The van der Waals surface area contributed by atoms with Crippen LogP contribution >= 0.6 is 0 Å². The number of anilines is 1. The molecule has 0 heterocycles. The van der Waals surface area contributed by atoms with Gasteiger partial charge in [0.05, 0.1) is 11.3 Å². The highest BCUT2D eigenvalue weighted by molar-refractivity contribution is 7.92. The molecule has 0 aliphatic heterocycles. The zero-order chi connectivity index (χ0) is 16.1. The summed E-state index contributed by atoms with van der Waals surface area (Å²) >= 11 is 0. The molecule has 21 heavy (non-hydrogen) atoms. The molecular formula is C12H16F4N2O2S. The Hall–Kier alpha value is -1.35. The molecule has 0 saturated heterocycles. The third-order valence-electron chi connectivity index (χ3n) is 2.52. The Morgan fingerprint density at radius 1 is 1.19 bits per heavy atom. The molecule has 1 rings (SSSR count). The van der Waals surface area contributed by atoms with Gasteiger partial charge >= 0.3 is 6.18 Å². The van der Waals surface area contributed by atoms with E-state index < -0.39 is 27.6 Å². The van der Waals surface area contributed by atoms with E-state index in [9.17, 15) is 26.0 Å². The fourth-order valence-corrected chi connectivity index (χ4v) is 2.55. The molecule has 1 aromatic rings. The van der Waals surface area contributed by atoms with Crippen molar-refractivity contribution in [1.82, 2.24) is 5.32 Å². The van der Waals surface area contributed by atoms with Gasteiger partial charge in [-0.15, -0.1) is 0 Å². The van der Waals surface area contributed by atoms with Gasteiger partial charge in [-0.2, -0.15) is 13.2 Å². The number of alkyl halides is 3. The lowest BCUT2D eigenvalue weighted by molar-refractivity contribution is -0.139. The van der Waals surface area contributed by atoms with E-state index >= 15 is 0 Å². The molecule has 0 radical (unpaired) electrons. The predicted octanol–water partition coefficient (Wildman–Crippen LogP) is 2.59. The molecule has 0 saturated carbocycles. The van der Waals surface area contributed by atoms with Crippen molar-refractivity contribution in [3.63, 3.8) is 0 Å². The zero-order valence-electron chi connectivity index (χ0n) is 11.3. The van der Waals surface area contributed by atoms with E-state index in [4.69, 9.17) is 0 Å². The summed E-state index contributed by atoms with van der Waals surface area (Å²) in [6.45, 7) is 2.73. The van der Waals surface area contributed by atoms with E-state index in [0.717, 1.165) is 12.5 Å². The Balaban J connectivity index is 2.79. The second kappa shape index (κ2) is 7.08. The topological polar surface area (TPSA) is 58.2 Å². The van der Waals surface area contributed by atoms with Crippen LogP contribution in [0.5, 0.6) is 0 Å². The maximum atomic E-state index is 13.1. The Bertz CT molecular complexity index is 573. The van der Waals surface area contributed by atoms with Crippen LogP contribution in [0.15, 0.2) is 18.2 Å². The fourth-order valence-electron chi connectivity index (χ4n) is 1.54. The van der Waals surface area contributed by atoms with Crippen LogP contribution in [0.3, 0.4) is 0 Å². The minimum absolute atomic E-state index is 0.177. The van der Waals surface area contributed by atoms with Crippen molar-refractivity contribution in [2.75, 3.05) is 23.6 Å². The highest BCUT2D eigenvalue weighted by atomic mass is 32.2. The first kappa shape index (κ1) is 17.7. The molecular weight excluding hydrogens is 312 g/mol. The Morgan fingerprint density at radius 3 is 2.43 bits per heavy atom. The number of rotatable bonds is 7. The van der Waals surface area contributed by atoms with Crippen LogP contribution in [-0.2, 0) is 16.2 Å². The average molecular weight is 328 g/mol. The first-order valence-corrected chi connectivity index (χ1v) is 7.89. The quantitative estimate of drug-likeness (QED) is 0.597. The average Bonchev–Trinajstić information content (AvgIpc) is 2.35. The Labute approximate surface area is 120 Å². The predicted molar refractivity (Wildman–Crippen MR) is 72.0 cm³/mol. The van der Waals surface area contributed by atoms with E-state index in [2.05, 4.69) is 5.32 Å². The van der Waals surface area contributed by atoms with Gasteiger partial charge in [-0.3, -0.25) is 4.72 Å². The van der Waals surface area contributed by atoms with Crippen molar-refractivity contribution in [3.05, 3.63) is 29.6 Å². The van der Waals surface area contributed by atoms with E-state index in [1.807, 2.05) is 11.6 Å². The molecule has 0 unspecified atom stereocenters. The monoisotopic (exact) mass is 328 g/mol. The van der Waals surface area contributed by atoms with Gasteiger partial charge in [0.25, 0.3) is 0 Å². The molecule has 4 nitrogen and oxygen atoms in total. The third-order valence-corrected chi connectivity index (χ3v) is 3.81. The number of halogens is 4. The van der Waals surface area contributed by atoms with Crippen molar-refractivity contribution in [2.45, 2.75) is 19.5 Å². The largest absolute Gasteiger partial charge is 0.419 e. The molecule has 120 valence electrons. The van der Waals surface area contributed by atoms with Gasteiger partial charge in [-0.05, 0) is 31.2 Å². The van der Waals surface area contributed by atoms with Gasteiger partial charge in [0.2, 0.25) is 10.0 Å². The molecule has 0 amide bonds. The van der Waals surface area contributed by atoms with Crippen molar-refractivity contribution in [1.29, 1.82) is 0 Å². The van der Waals surface area contributed by atoms with Crippen LogP contribution < -0.4 is 10.0 Å². The lowest BCUT2D eigenvalue weighted by Gasteiger charge is -2.12. The molecule has 0 spiro atoms. The summed E-state index contributed by atoms with van der Waals surface area (Å²) in [4.78, 5) is 0. The number of hydrogen-bond donors (Lipinski definition) is 2. The summed E-state index contributed by atoms with van der Waals surface area (Å²) < 4.78 is 76.0. The van der Waals surface area contributed by atoms with Crippen LogP contribution in [0.1, 0.15) is 18.9 Å². The maximum absolute atomic E-state index is 13.1. The highest BCUT2D eigenvalue weighted by Crippen LogP contribution is 2.33. The maximum Gasteiger partial charge on any atom is 0.419 e. The van der Waals surface area contributed by atoms with E-state index in [1.54, 1.807) is 0 Å². The number of benzene rings is 1. The summed E-state index contributed by atoms with van der Waals surface area (Å²) in [5.74, 6) is -1.74. The number of hydrogen-bond acceptors (Lipinski definition) is 3. The summed E-state index contributed by atoms with van der Waals surface area (Å²) in [7, 11) is -3.79. The van der Waals surface area contributed by atoms with Crippen molar-refractivity contribution in [2.24, 2.45) is 0 Å². The third kappa shape index (κ3) is 5.88. The lowest BCUT2D eigenvalue weighted by Crippen LogP contribution is -2.27. The van der Waals surface area contributed by atoms with E-state index in [0.29, 0.717) is 18.7 Å². The van der Waals surface area contributed by atoms with Gasteiger partial charge in [0.15, 0.2) is 0 Å². The molecule has 2 N–H and O–H groups in total. The minimum Gasteiger partial charge on any atom is -0.316 e. The smallest absolute Gasteiger partial charge is 0.316 e. The Kier molecular flexibility index (Phi) is 5.97. The first-order valence-electron chi connectivity index (χ1n) is 6.23. The van der Waals surface area contributed by atoms with Crippen molar-refractivity contribution in [3.8, 4) is 0 Å². The summed E-state index contributed by atoms with van der Waals surface area (Å²) in [5, 5.41) is 2.86. The normalized spacial score (nSPS) is 12.4. The van der Waals surface area contributed by atoms with E-state index in [-0.39, 0.29) is 18.0 Å². The van der Waals surface area contributed by atoms with Gasteiger partial charge in [-0.1, -0.05) is 6.92 Å². The minimum atomic E-state index is -4.88. The first-order chi connectivity index (χ1) is 9.65. The Morgan fingerprint density at radius 2 is 1.86 bits per heavy atom. The molecule has 9 heteroatoms. The van der Waals surface area contributed by atoms with Gasteiger partial charge in [0, 0.05) is 12.2 Å². The molecule has 1 aromatic carbocycles. The van der Waals surface area contributed by atoms with Gasteiger partial charge in [0.1, 0.15) is 5.82 Å². The lowest BCUT2D eigenvalue weighted by atomic mass is 10.2. The highest BCUT2D eigenvalue weighted by Gasteiger charge is 2.34. The van der Waals surface area contributed by atoms with Crippen molar-refractivity contribution < 1.29 is 26.0 Å². The van der Waals surface area contributed by atoms with Crippen molar-refractivity contribution >= 4 is 15.7 Å². The number of nitrogens with one attached hydrogen (secondary N) is 2. The van der Waals surface area contributed by atoms with Crippen LogP contribution in [0.2, 0.25) is 0 Å². The molecule has 0 fully saturated rings. The second-order valence-corrected chi connectivity index (χ2v) is 6.21. The summed E-state index contributed by atoms with van der Waals surface area (Å²) in [6, 6.07) is 1.96. The van der Waals surface area contributed by atoms with Crippen LogP contribution in [-0.4, -0.2) is 27.3 Å². The molecule has 0 bridgehead atoms. The summed E-state index contributed by atoms with van der Waals surface area (Å²) in [5.41, 5.74) is -1.83. The van der Waals surface area contributed by atoms with E-state index in [1.165, 1.54) is 0 Å².